The van der Waals surface area contributed by atoms with Gasteiger partial charge in [0.1, 0.15) is 6.10 Å². The van der Waals surface area contributed by atoms with Crippen LogP contribution >= 0.6 is 0 Å². The van der Waals surface area contributed by atoms with Gasteiger partial charge in [-0.25, -0.2) is 0 Å². The van der Waals surface area contributed by atoms with Crippen LogP contribution in [0.1, 0.15) is 49.6 Å². The molecule has 0 aliphatic heterocycles. The van der Waals surface area contributed by atoms with Gasteiger partial charge in [0.25, 0.3) is 0 Å². The molecule has 3 heteroatoms. The first-order valence-corrected chi connectivity index (χ1v) is 6.43. The van der Waals surface area contributed by atoms with E-state index >= 15 is 0 Å². The normalized spacial score (nSPS) is 12.9. The Kier molecular flexibility index (Phi) is 3.82. The Hall–Kier alpha value is -1.61. The highest BCUT2D eigenvalue weighted by molar-refractivity contribution is 5.30. The van der Waals surface area contributed by atoms with Gasteiger partial charge in [0.2, 0.25) is 0 Å². The third-order valence-electron chi connectivity index (χ3n) is 3.25. The summed E-state index contributed by atoms with van der Waals surface area (Å²) in [5.41, 5.74) is 3.04. The molecule has 3 nitrogen and oxygen atoms in total. The summed E-state index contributed by atoms with van der Waals surface area (Å²) >= 11 is 0. The van der Waals surface area contributed by atoms with E-state index < -0.39 is 6.10 Å². The van der Waals surface area contributed by atoms with Gasteiger partial charge in [-0.1, -0.05) is 38.1 Å². The van der Waals surface area contributed by atoms with E-state index in [1.54, 1.807) is 6.20 Å². The van der Waals surface area contributed by atoms with Gasteiger partial charge in [-0.15, -0.1) is 0 Å². The topological polar surface area (TPSA) is 38.0 Å². The summed E-state index contributed by atoms with van der Waals surface area (Å²) in [5, 5.41) is 14.5. The molecule has 0 spiro atoms. The third kappa shape index (κ3) is 2.46. The Bertz CT molecular complexity index is 499. The van der Waals surface area contributed by atoms with Crippen LogP contribution in [0.3, 0.4) is 0 Å². The molecule has 0 saturated heterocycles. The lowest BCUT2D eigenvalue weighted by Gasteiger charge is -2.14. The van der Waals surface area contributed by atoms with Crippen molar-refractivity contribution in [2.75, 3.05) is 0 Å². The van der Waals surface area contributed by atoms with E-state index in [4.69, 9.17) is 0 Å². The first kappa shape index (κ1) is 12.8. The van der Waals surface area contributed by atoms with Crippen molar-refractivity contribution in [1.29, 1.82) is 0 Å². The zero-order valence-electron chi connectivity index (χ0n) is 11.2. The van der Waals surface area contributed by atoms with Crippen LogP contribution in [0.5, 0.6) is 0 Å². The maximum absolute atomic E-state index is 10.4. The molecule has 1 aromatic heterocycles. The van der Waals surface area contributed by atoms with Gasteiger partial charge in [0, 0.05) is 12.7 Å². The van der Waals surface area contributed by atoms with E-state index in [0.29, 0.717) is 5.92 Å². The number of aromatic nitrogens is 2. The van der Waals surface area contributed by atoms with Crippen LogP contribution in [0, 0.1) is 0 Å². The van der Waals surface area contributed by atoms with E-state index in [1.807, 2.05) is 29.8 Å². The van der Waals surface area contributed by atoms with Gasteiger partial charge in [-0.2, -0.15) is 5.10 Å². The van der Waals surface area contributed by atoms with Crippen LogP contribution < -0.4 is 0 Å². The van der Waals surface area contributed by atoms with Crippen LogP contribution in [0.15, 0.2) is 36.5 Å². The maximum Gasteiger partial charge on any atom is 0.121 e. The minimum atomic E-state index is -0.603. The lowest BCUT2D eigenvalue weighted by molar-refractivity contribution is 0.208. The Labute approximate surface area is 108 Å². The lowest BCUT2D eigenvalue weighted by Crippen LogP contribution is -2.09. The second-order valence-electron chi connectivity index (χ2n) is 4.80. The van der Waals surface area contributed by atoms with Crippen molar-refractivity contribution in [3.8, 4) is 0 Å². The van der Waals surface area contributed by atoms with Crippen molar-refractivity contribution in [1.82, 2.24) is 9.78 Å². The molecule has 0 aliphatic rings. The molecule has 1 N–H and O–H groups in total. The van der Waals surface area contributed by atoms with Crippen LogP contribution in [-0.2, 0) is 6.54 Å². The third-order valence-corrected chi connectivity index (χ3v) is 3.25. The Balaban J connectivity index is 2.26. The smallest absolute Gasteiger partial charge is 0.121 e. The van der Waals surface area contributed by atoms with Crippen molar-refractivity contribution in [2.45, 2.75) is 39.3 Å². The van der Waals surface area contributed by atoms with Crippen LogP contribution in [0.25, 0.3) is 0 Å². The summed E-state index contributed by atoms with van der Waals surface area (Å²) in [7, 11) is 0. The van der Waals surface area contributed by atoms with E-state index in [2.05, 4.69) is 31.1 Å². The zero-order chi connectivity index (χ0) is 13.1. The molecule has 0 fully saturated rings. The molecule has 0 radical (unpaired) electrons. The molecule has 1 atom stereocenters. The van der Waals surface area contributed by atoms with Gasteiger partial charge in [-0.3, -0.25) is 4.68 Å². The fraction of sp³-hybridized carbons (Fsp3) is 0.400. The summed E-state index contributed by atoms with van der Waals surface area (Å²) in [6.07, 6.45) is 1.12. The van der Waals surface area contributed by atoms with Crippen molar-refractivity contribution in [2.24, 2.45) is 0 Å². The molecule has 0 aliphatic carbocycles. The summed E-state index contributed by atoms with van der Waals surface area (Å²) in [5.74, 6) is 0.511. The Morgan fingerprint density at radius 2 is 1.72 bits per heavy atom. The first-order valence-electron chi connectivity index (χ1n) is 6.43. The Morgan fingerprint density at radius 1 is 1.11 bits per heavy atom. The fourth-order valence-corrected chi connectivity index (χ4v) is 2.07. The number of aliphatic hydroxyl groups is 1. The number of aliphatic hydroxyl groups excluding tert-OH is 1. The quantitative estimate of drug-likeness (QED) is 0.897. The van der Waals surface area contributed by atoms with Crippen molar-refractivity contribution in [3.05, 3.63) is 53.3 Å². The molecule has 0 amide bonds. The molecule has 2 aromatic rings. The number of benzene rings is 1. The lowest BCUT2D eigenvalue weighted by atomic mass is 9.99. The maximum atomic E-state index is 10.4. The second kappa shape index (κ2) is 5.36. The Morgan fingerprint density at radius 3 is 2.28 bits per heavy atom. The largest absolute Gasteiger partial charge is 0.382 e. The van der Waals surface area contributed by atoms with Crippen LogP contribution in [-0.4, -0.2) is 14.9 Å². The standard InChI is InChI=1S/C15H20N2O/c1-4-17-14(9-10-16-17)15(18)13-7-5-12(6-8-13)11(2)3/h5-11,15,18H,4H2,1-3H3. The minimum Gasteiger partial charge on any atom is -0.382 e. The van der Waals surface area contributed by atoms with Crippen molar-refractivity contribution < 1.29 is 5.11 Å². The predicted octanol–water partition coefficient (Wildman–Crippen LogP) is 3.11. The highest BCUT2D eigenvalue weighted by Gasteiger charge is 2.14. The van der Waals surface area contributed by atoms with Gasteiger partial charge < -0.3 is 5.11 Å². The molecular weight excluding hydrogens is 224 g/mol. The minimum absolute atomic E-state index is 0.511. The highest BCUT2D eigenvalue weighted by Crippen LogP contribution is 2.23. The number of hydrogen-bond donors (Lipinski definition) is 1. The molecule has 96 valence electrons. The molecule has 2 rings (SSSR count). The average molecular weight is 244 g/mol. The first-order chi connectivity index (χ1) is 8.63. The predicted molar refractivity (Wildman–Crippen MR) is 72.5 cm³/mol. The van der Waals surface area contributed by atoms with Gasteiger partial charge >= 0.3 is 0 Å². The summed E-state index contributed by atoms with van der Waals surface area (Å²) < 4.78 is 1.82. The monoisotopic (exact) mass is 244 g/mol. The molecule has 1 aromatic carbocycles. The number of nitrogens with zero attached hydrogens (tertiary/aromatic N) is 2. The zero-order valence-corrected chi connectivity index (χ0v) is 11.2. The molecule has 1 heterocycles. The fourth-order valence-electron chi connectivity index (χ4n) is 2.07. The summed E-state index contributed by atoms with van der Waals surface area (Å²) in [4.78, 5) is 0. The highest BCUT2D eigenvalue weighted by atomic mass is 16.3. The van der Waals surface area contributed by atoms with E-state index in [9.17, 15) is 5.11 Å². The van der Waals surface area contributed by atoms with E-state index in [0.717, 1.165) is 17.8 Å². The average Bonchev–Trinajstić information content (AvgIpc) is 2.86. The van der Waals surface area contributed by atoms with E-state index in [-0.39, 0.29) is 0 Å². The number of rotatable bonds is 4. The molecule has 1 unspecified atom stereocenters. The van der Waals surface area contributed by atoms with Gasteiger partial charge in [0.15, 0.2) is 0 Å². The SMILES string of the molecule is CCn1nccc1C(O)c1ccc(C(C)C)cc1. The number of hydrogen-bond acceptors (Lipinski definition) is 2. The van der Waals surface area contributed by atoms with Crippen LogP contribution in [0.4, 0.5) is 0 Å². The molecule has 0 saturated carbocycles. The molecular formula is C15H20N2O. The summed E-state index contributed by atoms with van der Waals surface area (Å²) in [6.45, 7) is 7.11. The number of aryl methyl sites for hydroxylation is 1. The van der Waals surface area contributed by atoms with Crippen molar-refractivity contribution >= 4 is 0 Å². The second-order valence-corrected chi connectivity index (χ2v) is 4.80. The molecule has 0 bridgehead atoms. The van der Waals surface area contributed by atoms with Gasteiger partial charge in [0.05, 0.1) is 5.69 Å². The van der Waals surface area contributed by atoms with Crippen molar-refractivity contribution in [3.63, 3.8) is 0 Å². The van der Waals surface area contributed by atoms with Gasteiger partial charge in [-0.05, 0) is 30.0 Å². The van der Waals surface area contributed by atoms with E-state index in [1.165, 1.54) is 5.56 Å². The van der Waals surface area contributed by atoms with Crippen LogP contribution in [0.2, 0.25) is 0 Å². The molecule has 18 heavy (non-hydrogen) atoms. The summed E-state index contributed by atoms with van der Waals surface area (Å²) in [6, 6.07) is 10.0.